The minimum absolute atomic E-state index is 0. The van der Waals surface area contributed by atoms with Crippen LogP contribution in [0.15, 0.2) is 54.6 Å². The first-order chi connectivity index (χ1) is 8.88. The van der Waals surface area contributed by atoms with Crippen molar-refractivity contribution in [1.29, 1.82) is 0 Å². The number of hydrogen-bond acceptors (Lipinski definition) is 1. The summed E-state index contributed by atoms with van der Waals surface area (Å²) in [6, 6.07) is 18.7. The number of hydrogen-bond donors (Lipinski definition) is 0. The van der Waals surface area contributed by atoms with E-state index in [9.17, 15) is 0 Å². The van der Waals surface area contributed by atoms with Gasteiger partial charge in [0.15, 0.2) is 0 Å². The third kappa shape index (κ3) is 5.35. The first-order valence-electron chi connectivity index (χ1n) is 6.20. The van der Waals surface area contributed by atoms with Crippen LogP contribution in [0.1, 0.15) is 25.0 Å². The van der Waals surface area contributed by atoms with Gasteiger partial charge in [0.1, 0.15) is 5.75 Å². The Morgan fingerprint density at radius 2 is 1.47 bits per heavy atom. The van der Waals surface area contributed by atoms with Crippen LogP contribution >= 0.6 is 11.6 Å². The molecular formula is C17H21ClO. The van der Waals surface area contributed by atoms with E-state index in [2.05, 4.69) is 36.4 Å². The summed E-state index contributed by atoms with van der Waals surface area (Å²) in [5.41, 5.74) is 2.62. The van der Waals surface area contributed by atoms with E-state index in [1.54, 1.807) is 0 Å². The van der Waals surface area contributed by atoms with Gasteiger partial charge in [-0.15, -0.1) is 11.6 Å². The fraction of sp³-hybridized carbons (Fsp3) is 0.294. The predicted octanol–water partition coefficient (Wildman–Crippen LogP) is 4.92. The van der Waals surface area contributed by atoms with Crippen LogP contribution < -0.4 is 4.74 Å². The van der Waals surface area contributed by atoms with Crippen LogP contribution in [0.5, 0.6) is 5.75 Å². The summed E-state index contributed by atoms with van der Waals surface area (Å²) >= 11 is 5.60. The van der Waals surface area contributed by atoms with Crippen LogP contribution in [0.3, 0.4) is 0 Å². The van der Waals surface area contributed by atoms with Gasteiger partial charge < -0.3 is 4.74 Å². The molecule has 0 N–H and O–H groups in total. The minimum atomic E-state index is 0. The summed E-state index contributed by atoms with van der Waals surface area (Å²) in [4.78, 5) is 0. The molecule has 0 aliphatic carbocycles. The second kappa shape index (κ2) is 8.60. The fourth-order valence-electron chi connectivity index (χ4n) is 1.78. The van der Waals surface area contributed by atoms with Crippen LogP contribution in [-0.2, 0) is 6.42 Å². The van der Waals surface area contributed by atoms with E-state index in [-0.39, 0.29) is 7.43 Å². The van der Waals surface area contributed by atoms with Crippen molar-refractivity contribution in [2.75, 3.05) is 12.5 Å². The molecule has 0 aliphatic heterocycles. The van der Waals surface area contributed by atoms with Crippen LogP contribution in [0, 0.1) is 0 Å². The standard InChI is InChI=1S/C16H17ClO.CH4/c17-11-4-12-18-16-9-7-15(8-10-16)13-14-5-2-1-3-6-14;/h1-3,5-10H,4,11-13H2;1H4. The van der Waals surface area contributed by atoms with E-state index < -0.39 is 0 Å². The molecule has 0 heterocycles. The monoisotopic (exact) mass is 276 g/mol. The molecular weight excluding hydrogens is 256 g/mol. The van der Waals surface area contributed by atoms with Gasteiger partial charge in [-0.3, -0.25) is 0 Å². The minimum Gasteiger partial charge on any atom is -0.494 e. The van der Waals surface area contributed by atoms with E-state index in [1.165, 1.54) is 11.1 Å². The van der Waals surface area contributed by atoms with Crippen LogP contribution in [0.25, 0.3) is 0 Å². The van der Waals surface area contributed by atoms with Gasteiger partial charge in [0.05, 0.1) is 6.61 Å². The van der Waals surface area contributed by atoms with Crippen molar-refractivity contribution in [3.8, 4) is 5.75 Å². The molecule has 0 aliphatic rings. The Labute approximate surface area is 121 Å². The second-order valence-electron chi connectivity index (χ2n) is 4.20. The SMILES string of the molecule is C.ClCCCOc1ccc(Cc2ccccc2)cc1. The van der Waals surface area contributed by atoms with Crippen molar-refractivity contribution in [2.24, 2.45) is 0 Å². The maximum absolute atomic E-state index is 5.60. The van der Waals surface area contributed by atoms with E-state index in [1.807, 2.05) is 18.2 Å². The second-order valence-corrected chi connectivity index (χ2v) is 4.58. The number of rotatable bonds is 6. The zero-order valence-electron chi connectivity index (χ0n) is 10.3. The zero-order chi connectivity index (χ0) is 12.6. The Hall–Kier alpha value is -1.47. The summed E-state index contributed by atoms with van der Waals surface area (Å²) in [5.74, 6) is 1.56. The molecule has 1 nitrogen and oxygen atoms in total. The molecule has 2 heteroatoms. The molecule has 0 aromatic heterocycles. The Bertz CT molecular complexity index is 450. The molecule has 2 aromatic rings. The van der Waals surface area contributed by atoms with Crippen molar-refractivity contribution in [2.45, 2.75) is 20.3 Å². The first-order valence-corrected chi connectivity index (χ1v) is 6.73. The third-order valence-electron chi connectivity index (χ3n) is 2.72. The maximum atomic E-state index is 5.60. The first kappa shape index (κ1) is 15.6. The van der Waals surface area contributed by atoms with Gasteiger partial charge in [0, 0.05) is 5.88 Å². The lowest BCUT2D eigenvalue weighted by atomic mass is 10.1. The lowest BCUT2D eigenvalue weighted by Crippen LogP contribution is -1.97. The highest BCUT2D eigenvalue weighted by molar-refractivity contribution is 6.17. The topological polar surface area (TPSA) is 9.23 Å². The lowest BCUT2D eigenvalue weighted by molar-refractivity contribution is 0.318. The smallest absolute Gasteiger partial charge is 0.119 e. The molecule has 2 rings (SSSR count). The predicted molar refractivity (Wildman–Crippen MR) is 83.3 cm³/mol. The molecule has 0 saturated carbocycles. The normalized spacial score (nSPS) is 9.74. The van der Waals surface area contributed by atoms with E-state index in [0.717, 1.165) is 18.6 Å². The molecule has 0 radical (unpaired) electrons. The number of benzene rings is 2. The van der Waals surface area contributed by atoms with Gasteiger partial charge >= 0.3 is 0 Å². The van der Waals surface area contributed by atoms with Crippen LogP contribution in [0.2, 0.25) is 0 Å². The van der Waals surface area contributed by atoms with Gasteiger partial charge in [0.2, 0.25) is 0 Å². The summed E-state index contributed by atoms with van der Waals surface area (Å²) < 4.78 is 5.57. The number of alkyl halides is 1. The Morgan fingerprint density at radius 3 is 2.11 bits per heavy atom. The van der Waals surface area contributed by atoms with Crippen molar-refractivity contribution >= 4 is 11.6 Å². The Morgan fingerprint density at radius 1 is 0.842 bits per heavy atom. The summed E-state index contributed by atoms with van der Waals surface area (Å²) in [6.45, 7) is 0.682. The quantitative estimate of drug-likeness (QED) is 0.537. The van der Waals surface area contributed by atoms with Gasteiger partial charge in [-0.05, 0) is 36.1 Å². The average molecular weight is 277 g/mol. The molecule has 0 unspecified atom stereocenters. The molecule has 2 aromatic carbocycles. The van der Waals surface area contributed by atoms with E-state index in [4.69, 9.17) is 16.3 Å². The van der Waals surface area contributed by atoms with Gasteiger partial charge in [-0.1, -0.05) is 49.9 Å². The molecule has 0 atom stereocenters. The van der Waals surface area contributed by atoms with Gasteiger partial charge in [0.25, 0.3) is 0 Å². The van der Waals surface area contributed by atoms with Gasteiger partial charge in [-0.2, -0.15) is 0 Å². The number of halogens is 1. The van der Waals surface area contributed by atoms with Crippen molar-refractivity contribution in [3.05, 3.63) is 65.7 Å². The lowest BCUT2D eigenvalue weighted by Gasteiger charge is -2.06. The van der Waals surface area contributed by atoms with Crippen LogP contribution in [0.4, 0.5) is 0 Å². The average Bonchev–Trinajstić information content (AvgIpc) is 2.42. The highest BCUT2D eigenvalue weighted by atomic mass is 35.5. The van der Waals surface area contributed by atoms with Crippen molar-refractivity contribution < 1.29 is 4.74 Å². The maximum Gasteiger partial charge on any atom is 0.119 e. The summed E-state index contributed by atoms with van der Waals surface area (Å²) in [6.07, 6.45) is 1.84. The largest absolute Gasteiger partial charge is 0.494 e. The van der Waals surface area contributed by atoms with Crippen LogP contribution in [-0.4, -0.2) is 12.5 Å². The van der Waals surface area contributed by atoms with Gasteiger partial charge in [-0.25, -0.2) is 0 Å². The molecule has 0 spiro atoms. The molecule has 19 heavy (non-hydrogen) atoms. The highest BCUT2D eigenvalue weighted by Gasteiger charge is 1.97. The van der Waals surface area contributed by atoms with Crippen molar-refractivity contribution in [3.63, 3.8) is 0 Å². The molecule has 0 bridgehead atoms. The summed E-state index contributed by atoms with van der Waals surface area (Å²) in [7, 11) is 0. The third-order valence-corrected chi connectivity index (χ3v) is 2.99. The molecule has 0 fully saturated rings. The van der Waals surface area contributed by atoms with E-state index in [0.29, 0.717) is 12.5 Å². The van der Waals surface area contributed by atoms with E-state index >= 15 is 0 Å². The van der Waals surface area contributed by atoms with Crippen molar-refractivity contribution in [1.82, 2.24) is 0 Å². The Kier molecular flexibility index (Phi) is 7.06. The Balaban J connectivity index is 0.00000180. The summed E-state index contributed by atoms with van der Waals surface area (Å²) in [5, 5.41) is 0. The number of ether oxygens (including phenoxy) is 1. The molecule has 102 valence electrons. The molecule has 0 amide bonds. The fourth-order valence-corrected chi connectivity index (χ4v) is 1.89. The molecule has 0 saturated heterocycles. The zero-order valence-corrected chi connectivity index (χ0v) is 11.1. The highest BCUT2D eigenvalue weighted by Crippen LogP contribution is 2.15.